The number of guanidine groups is 1. The fourth-order valence-electron chi connectivity index (χ4n) is 2.97. The van der Waals surface area contributed by atoms with Gasteiger partial charge in [0, 0.05) is 32.0 Å². The summed E-state index contributed by atoms with van der Waals surface area (Å²) in [6, 6.07) is 8.04. The molecular weight excluding hydrogens is 481 g/mol. The van der Waals surface area contributed by atoms with Gasteiger partial charge in [-0.2, -0.15) is 5.10 Å². The SMILES string of the molecule is CN=C(NCc1c(C)nn(CCOC)c1C)NCC(C)Oc1ccccc1C.I. The van der Waals surface area contributed by atoms with Gasteiger partial charge < -0.3 is 20.1 Å². The molecule has 0 aliphatic rings. The van der Waals surface area contributed by atoms with Gasteiger partial charge in [0.05, 0.1) is 25.4 Å². The van der Waals surface area contributed by atoms with Crippen LogP contribution in [0, 0.1) is 20.8 Å². The molecule has 1 heterocycles. The van der Waals surface area contributed by atoms with Crippen molar-refractivity contribution in [3.8, 4) is 5.75 Å². The van der Waals surface area contributed by atoms with Crippen LogP contribution in [0.4, 0.5) is 0 Å². The van der Waals surface area contributed by atoms with Crippen molar-refractivity contribution in [1.82, 2.24) is 20.4 Å². The van der Waals surface area contributed by atoms with Crippen LogP contribution in [0.1, 0.15) is 29.4 Å². The van der Waals surface area contributed by atoms with Crippen molar-refractivity contribution < 1.29 is 9.47 Å². The first-order valence-electron chi connectivity index (χ1n) is 9.64. The minimum absolute atomic E-state index is 0. The highest BCUT2D eigenvalue weighted by Crippen LogP contribution is 2.17. The molecule has 0 saturated carbocycles. The van der Waals surface area contributed by atoms with E-state index in [4.69, 9.17) is 9.47 Å². The maximum Gasteiger partial charge on any atom is 0.191 e. The Hall–Kier alpha value is -1.81. The monoisotopic (exact) mass is 515 g/mol. The Balaban J connectivity index is 0.00000420. The van der Waals surface area contributed by atoms with Crippen LogP contribution < -0.4 is 15.4 Å². The molecule has 1 aromatic heterocycles. The van der Waals surface area contributed by atoms with E-state index >= 15 is 0 Å². The van der Waals surface area contributed by atoms with E-state index in [0.717, 1.165) is 35.2 Å². The maximum absolute atomic E-state index is 6.01. The largest absolute Gasteiger partial charge is 0.489 e. The van der Waals surface area contributed by atoms with Crippen molar-refractivity contribution in [1.29, 1.82) is 0 Å². The fourth-order valence-corrected chi connectivity index (χ4v) is 2.97. The molecule has 0 radical (unpaired) electrons. The Morgan fingerprint density at radius 2 is 1.93 bits per heavy atom. The molecule has 0 bridgehead atoms. The summed E-state index contributed by atoms with van der Waals surface area (Å²) in [6.45, 7) is 10.9. The quantitative estimate of drug-likeness (QED) is 0.305. The van der Waals surface area contributed by atoms with Gasteiger partial charge in [0.2, 0.25) is 0 Å². The molecule has 162 valence electrons. The highest BCUT2D eigenvalue weighted by atomic mass is 127. The van der Waals surface area contributed by atoms with Gasteiger partial charge in [-0.05, 0) is 39.3 Å². The molecule has 8 heteroatoms. The highest BCUT2D eigenvalue weighted by Gasteiger charge is 2.12. The van der Waals surface area contributed by atoms with E-state index in [1.54, 1.807) is 14.2 Å². The first kappa shape index (κ1) is 25.2. The summed E-state index contributed by atoms with van der Waals surface area (Å²) in [5.74, 6) is 1.65. The summed E-state index contributed by atoms with van der Waals surface area (Å²) < 4.78 is 13.2. The van der Waals surface area contributed by atoms with Gasteiger partial charge in [0.25, 0.3) is 0 Å². The molecule has 29 heavy (non-hydrogen) atoms. The first-order valence-corrected chi connectivity index (χ1v) is 9.64. The molecule has 0 saturated heterocycles. The van der Waals surface area contributed by atoms with Gasteiger partial charge in [-0.15, -0.1) is 24.0 Å². The zero-order valence-electron chi connectivity index (χ0n) is 18.3. The molecule has 0 amide bonds. The van der Waals surface area contributed by atoms with Gasteiger partial charge in [0.1, 0.15) is 11.9 Å². The Morgan fingerprint density at radius 3 is 2.59 bits per heavy atom. The highest BCUT2D eigenvalue weighted by molar-refractivity contribution is 14.0. The number of aromatic nitrogens is 2. The summed E-state index contributed by atoms with van der Waals surface area (Å²) in [6.07, 6.45) is 0.0138. The van der Waals surface area contributed by atoms with Crippen molar-refractivity contribution in [2.75, 3.05) is 27.3 Å². The van der Waals surface area contributed by atoms with E-state index < -0.39 is 0 Å². The number of hydrogen-bond donors (Lipinski definition) is 2. The summed E-state index contributed by atoms with van der Waals surface area (Å²) in [5, 5.41) is 11.3. The predicted molar refractivity (Wildman–Crippen MR) is 128 cm³/mol. The topological polar surface area (TPSA) is 72.7 Å². The Labute approximate surface area is 191 Å². The van der Waals surface area contributed by atoms with Gasteiger partial charge in [0.15, 0.2) is 5.96 Å². The smallest absolute Gasteiger partial charge is 0.191 e. The molecule has 0 fully saturated rings. The van der Waals surface area contributed by atoms with Gasteiger partial charge in [-0.3, -0.25) is 9.67 Å². The van der Waals surface area contributed by atoms with Crippen LogP contribution in [0.5, 0.6) is 5.75 Å². The average molecular weight is 515 g/mol. The standard InChI is InChI=1S/C21H33N5O2.HI/c1-15-9-7-8-10-20(15)28-16(2)13-23-21(22-5)24-14-19-17(3)25-26(18(19)4)11-12-27-6;/h7-10,16H,11-14H2,1-6H3,(H2,22,23,24);1H. The van der Waals surface area contributed by atoms with Crippen LogP contribution in [0.15, 0.2) is 29.3 Å². The number of rotatable bonds is 9. The number of aliphatic imine (C=N–C) groups is 1. The van der Waals surface area contributed by atoms with Crippen molar-refractivity contribution in [3.05, 3.63) is 46.8 Å². The Bertz CT molecular complexity index is 791. The number of benzene rings is 1. The molecule has 1 unspecified atom stereocenters. The Kier molecular flexibility index (Phi) is 11.0. The number of aryl methyl sites for hydroxylation is 2. The lowest BCUT2D eigenvalue weighted by molar-refractivity contribution is 0.182. The van der Waals surface area contributed by atoms with Crippen molar-refractivity contribution in [3.63, 3.8) is 0 Å². The van der Waals surface area contributed by atoms with Crippen molar-refractivity contribution >= 4 is 29.9 Å². The lowest BCUT2D eigenvalue weighted by Crippen LogP contribution is -2.41. The molecule has 2 N–H and O–H groups in total. The average Bonchev–Trinajstić information content (AvgIpc) is 2.95. The molecular formula is C21H34IN5O2. The van der Waals surface area contributed by atoms with E-state index in [9.17, 15) is 0 Å². The Morgan fingerprint density at radius 1 is 1.21 bits per heavy atom. The van der Waals surface area contributed by atoms with Crippen LogP contribution in [-0.2, 0) is 17.8 Å². The maximum atomic E-state index is 6.01. The van der Waals surface area contributed by atoms with Gasteiger partial charge in [-0.25, -0.2) is 0 Å². The number of nitrogens with zero attached hydrogens (tertiary/aromatic N) is 3. The van der Waals surface area contributed by atoms with Crippen molar-refractivity contribution in [2.45, 2.75) is 46.9 Å². The number of nitrogens with one attached hydrogen (secondary N) is 2. The normalized spacial score (nSPS) is 12.3. The minimum atomic E-state index is 0. The number of para-hydroxylation sites is 1. The molecule has 0 aliphatic heterocycles. The second-order valence-electron chi connectivity index (χ2n) is 6.87. The summed E-state index contributed by atoms with van der Waals surface area (Å²) in [5.41, 5.74) is 4.48. The van der Waals surface area contributed by atoms with Crippen LogP contribution in [0.25, 0.3) is 0 Å². The summed E-state index contributed by atoms with van der Waals surface area (Å²) >= 11 is 0. The van der Waals surface area contributed by atoms with E-state index in [-0.39, 0.29) is 30.1 Å². The second kappa shape index (κ2) is 12.7. The van der Waals surface area contributed by atoms with Gasteiger partial charge >= 0.3 is 0 Å². The third kappa shape index (κ3) is 7.50. The van der Waals surface area contributed by atoms with E-state index in [2.05, 4.69) is 27.6 Å². The molecule has 7 nitrogen and oxygen atoms in total. The van der Waals surface area contributed by atoms with Crippen LogP contribution >= 0.6 is 24.0 Å². The van der Waals surface area contributed by atoms with Crippen LogP contribution in [0.3, 0.4) is 0 Å². The fraction of sp³-hybridized carbons (Fsp3) is 0.524. The molecule has 0 spiro atoms. The number of hydrogen-bond acceptors (Lipinski definition) is 4. The predicted octanol–water partition coefficient (Wildman–Crippen LogP) is 3.21. The minimum Gasteiger partial charge on any atom is -0.489 e. The molecule has 2 rings (SSSR count). The summed E-state index contributed by atoms with van der Waals surface area (Å²) in [4.78, 5) is 4.31. The number of halogens is 1. The molecule has 1 atom stereocenters. The van der Waals surface area contributed by atoms with E-state index in [1.807, 2.05) is 49.7 Å². The van der Waals surface area contributed by atoms with E-state index in [1.165, 1.54) is 5.56 Å². The zero-order chi connectivity index (χ0) is 20.5. The number of methoxy groups -OCH3 is 1. The van der Waals surface area contributed by atoms with Crippen molar-refractivity contribution in [2.24, 2.45) is 4.99 Å². The van der Waals surface area contributed by atoms with Crippen LogP contribution in [-0.4, -0.2) is 49.2 Å². The van der Waals surface area contributed by atoms with Crippen LogP contribution in [0.2, 0.25) is 0 Å². The third-order valence-corrected chi connectivity index (χ3v) is 4.67. The summed E-state index contributed by atoms with van der Waals surface area (Å²) in [7, 11) is 3.47. The van der Waals surface area contributed by atoms with Gasteiger partial charge in [-0.1, -0.05) is 18.2 Å². The second-order valence-corrected chi connectivity index (χ2v) is 6.87. The van der Waals surface area contributed by atoms with E-state index in [0.29, 0.717) is 19.7 Å². The molecule has 1 aromatic carbocycles. The number of ether oxygens (including phenoxy) is 2. The zero-order valence-corrected chi connectivity index (χ0v) is 20.6. The first-order chi connectivity index (χ1) is 13.5. The molecule has 2 aromatic rings. The third-order valence-electron chi connectivity index (χ3n) is 4.67. The lowest BCUT2D eigenvalue weighted by atomic mass is 10.2. The lowest BCUT2D eigenvalue weighted by Gasteiger charge is -2.19. The molecule has 0 aliphatic carbocycles.